The Bertz CT molecular complexity index is 870. The smallest absolute Gasteiger partial charge is 0.225 e. The summed E-state index contributed by atoms with van der Waals surface area (Å²) >= 11 is 0. The first-order chi connectivity index (χ1) is 13.4. The highest BCUT2D eigenvalue weighted by atomic mass is 32.2. The van der Waals surface area contributed by atoms with Crippen LogP contribution in [0.25, 0.3) is 0 Å². The van der Waals surface area contributed by atoms with Crippen molar-refractivity contribution in [1.82, 2.24) is 9.80 Å². The molecule has 1 unspecified atom stereocenters. The lowest BCUT2D eigenvalue weighted by Gasteiger charge is -2.53. The molecule has 3 fully saturated rings. The van der Waals surface area contributed by atoms with Crippen molar-refractivity contribution in [1.29, 1.82) is 0 Å². The normalized spacial score (nSPS) is 29.1. The average Bonchev–Trinajstić information content (AvgIpc) is 3.05. The first-order valence-electron chi connectivity index (χ1n) is 10.4. The van der Waals surface area contributed by atoms with Crippen LogP contribution in [0.1, 0.15) is 24.8 Å². The Kier molecular flexibility index (Phi) is 4.43. The highest BCUT2D eigenvalue weighted by Crippen LogP contribution is 2.42. The summed E-state index contributed by atoms with van der Waals surface area (Å²) in [5, 5.41) is 0. The number of fused-ring (bicyclic) bond motifs is 1. The molecular formula is C21H28N2O4S. The van der Waals surface area contributed by atoms with Crippen molar-refractivity contribution in [2.75, 3.05) is 44.3 Å². The van der Waals surface area contributed by atoms with Gasteiger partial charge in [0.2, 0.25) is 5.91 Å². The quantitative estimate of drug-likeness (QED) is 0.744. The largest absolute Gasteiger partial charge is 0.493 e. The van der Waals surface area contributed by atoms with Gasteiger partial charge < -0.3 is 9.64 Å². The number of ether oxygens (including phenoxy) is 1. The van der Waals surface area contributed by atoms with Gasteiger partial charge in [0.25, 0.3) is 0 Å². The maximum Gasteiger partial charge on any atom is 0.225 e. The van der Waals surface area contributed by atoms with Gasteiger partial charge in [-0.05, 0) is 50.4 Å². The molecule has 7 heteroatoms. The van der Waals surface area contributed by atoms with Crippen LogP contribution in [0.3, 0.4) is 0 Å². The van der Waals surface area contributed by atoms with E-state index in [1.54, 1.807) is 0 Å². The van der Waals surface area contributed by atoms with E-state index in [-0.39, 0.29) is 23.3 Å². The number of likely N-dealkylation sites (tertiary alicyclic amines) is 2. The number of carbonyl (C=O) groups excluding carboxylic acids is 1. The van der Waals surface area contributed by atoms with E-state index in [1.165, 1.54) is 5.56 Å². The van der Waals surface area contributed by atoms with Crippen molar-refractivity contribution >= 4 is 15.7 Å². The second-order valence-electron chi connectivity index (χ2n) is 9.13. The van der Waals surface area contributed by atoms with Crippen molar-refractivity contribution in [3.63, 3.8) is 0 Å². The molecule has 1 spiro atoms. The number of hydrogen-bond acceptors (Lipinski definition) is 5. The fourth-order valence-electron chi connectivity index (χ4n) is 5.43. The Hall–Kier alpha value is -1.60. The zero-order chi connectivity index (χ0) is 19.4. The number of amides is 1. The molecule has 0 bridgehead atoms. The minimum Gasteiger partial charge on any atom is -0.493 e. The highest BCUT2D eigenvalue weighted by molar-refractivity contribution is 7.91. The van der Waals surface area contributed by atoms with Gasteiger partial charge in [-0.25, -0.2) is 8.42 Å². The van der Waals surface area contributed by atoms with Crippen LogP contribution in [-0.4, -0.2) is 74.5 Å². The lowest BCUT2D eigenvalue weighted by molar-refractivity contribution is -0.152. The number of nitrogens with zero attached hydrogens (tertiary/aromatic N) is 2. The molecular weight excluding hydrogens is 376 g/mol. The summed E-state index contributed by atoms with van der Waals surface area (Å²) < 4.78 is 29.4. The van der Waals surface area contributed by atoms with E-state index in [0.29, 0.717) is 18.1 Å². The van der Waals surface area contributed by atoms with E-state index in [0.717, 1.165) is 57.6 Å². The molecule has 3 saturated heterocycles. The number of para-hydroxylation sites is 1. The van der Waals surface area contributed by atoms with Crippen molar-refractivity contribution in [2.45, 2.75) is 31.7 Å². The molecule has 6 nitrogen and oxygen atoms in total. The lowest BCUT2D eigenvalue weighted by atomic mass is 9.73. The Balaban J connectivity index is 1.13. The van der Waals surface area contributed by atoms with Crippen LogP contribution in [0.15, 0.2) is 24.3 Å². The Labute approximate surface area is 166 Å². The third-order valence-corrected chi connectivity index (χ3v) is 8.79. The Morgan fingerprint density at radius 2 is 1.86 bits per heavy atom. The van der Waals surface area contributed by atoms with E-state index in [1.807, 2.05) is 23.1 Å². The molecule has 4 aliphatic heterocycles. The zero-order valence-corrected chi connectivity index (χ0v) is 17.0. The van der Waals surface area contributed by atoms with Gasteiger partial charge in [0, 0.05) is 30.5 Å². The number of piperidine rings is 1. The monoisotopic (exact) mass is 404 g/mol. The van der Waals surface area contributed by atoms with E-state index < -0.39 is 9.84 Å². The molecule has 28 heavy (non-hydrogen) atoms. The van der Waals surface area contributed by atoms with Gasteiger partial charge in [-0.1, -0.05) is 18.2 Å². The molecule has 1 aromatic rings. The van der Waals surface area contributed by atoms with Crippen LogP contribution < -0.4 is 4.74 Å². The topological polar surface area (TPSA) is 66.9 Å². The van der Waals surface area contributed by atoms with Crippen LogP contribution >= 0.6 is 0 Å². The van der Waals surface area contributed by atoms with Gasteiger partial charge in [0.15, 0.2) is 9.84 Å². The molecule has 0 saturated carbocycles. The van der Waals surface area contributed by atoms with Gasteiger partial charge in [-0.2, -0.15) is 0 Å². The van der Waals surface area contributed by atoms with Crippen molar-refractivity contribution in [3.8, 4) is 5.75 Å². The van der Waals surface area contributed by atoms with E-state index >= 15 is 0 Å². The van der Waals surface area contributed by atoms with Gasteiger partial charge in [-0.3, -0.25) is 9.69 Å². The third-order valence-electron chi connectivity index (χ3n) is 7.04. The van der Waals surface area contributed by atoms with Gasteiger partial charge >= 0.3 is 0 Å². The maximum atomic E-state index is 13.0. The molecule has 1 amide bonds. The maximum absolute atomic E-state index is 13.0. The Morgan fingerprint density at radius 1 is 1.11 bits per heavy atom. The van der Waals surface area contributed by atoms with Crippen molar-refractivity contribution in [2.24, 2.45) is 11.3 Å². The zero-order valence-electron chi connectivity index (χ0n) is 16.2. The SMILES string of the molecule is O=C(C1CCN(C2CCS(=O)(=O)C2)CC1)N1CC2(COc3ccccc3C2)C1. The fourth-order valence-corrected chi connectivity index (χ4v) is 7.19. The molecule has 4 aliphatic rings. The van der Waals surface area contributed by atoms with E-state index in [2.05, 4.69) is 11.0 Å². The molecule has 1 atom stereocenters. The second-order valence-corrected chi connectivity index (χ2v) is 11.4. The number of sulfone groups is 1. The number of rotatable bonds is 2. The van der Waals surface area contributed by atoms with Gasteiger partial charge in [0.1, 0.15) is 5.75 Å². The molecule has 0 N–H and O–H groups in total. The average molecular weight is 405 g/mol. The molecule has 0 aliphatic carbocycles. The summed E-state index contributed by atoms with van der Waals surface area (Å²) in [6.45, 7) is 3.96. The number of hydrogen-bond donors (Lipinski definition) is 0. The standard InChI is InChI=1S/C21H28N2O4S/c24-20(16-5-8-22(9-6-16)18-7-10-28(25,26)12-18)23-13-21(14-23)11-17-3-1-2-4-19(17)27-15-21/h1-4,16,18H,5-15H2. The van der Waals surface area contributed by atoms with Gasteiger partial charge in [-0.15, -0.1) is 0 Å². The summed E-state index contributed by atoms with van der Waals surface area (Å²) in [5.41, 5.74) is 1.34. The molecule has 4 heterocycles. The van der Waals surface area contributed by atoms with E-state index in [9.17, 15) is 13.2 Å². The summed E-state index contributed by atoms with van der Waals surface area (Å²) in [7, 11) is -2.85. The molecule has 0 aromatic heterocycles. The Morgan fingerprint density at radius 3 is 2.57 bits per heavy atom. The molecule has 152 valence electrons. The van der Waals surface area contributed by atoms with Crippen LogP contribution in [0.4, 0.5) is 0 Å². The summed E-state index contributed by atoms with van der Waals surface area (Å²) in [4.78, 5) is 17.3. The van der Waals surface area contributed by atoms with E-state index in [4.69, 9.17) is 4.74 Å². The third kappa shape index (κ3) is 3.32. The number of benzene rings is 1. The van der Waals surface area contributed by atoms with Crippen molar-refractivity contribution in [3.05, 3.63) is 29.8 Å². The van der Waals surface area contributed by atoms with Crippen LogP contribution in [0, 0.1) is 11.3 Å². The first-order valence-corrected chi connectivity index (χ1v) is 12.2. The minimum absolute atomic E-state index is 0.0862. The molecule has 0 radical (unpaired) electrons. The van der Waals surface area contributed by atoms with Crippen LogP contribution in [0.2, 0.25) is 0 Å². The predicted molar refractivity (Wildman–Crippen MR) is 106 cm³/mol. The lowest BCUT2D eigenvalue weighted by Crippen LogP contribution is -2.64. The summed E-state index contributed by atoms with van der Waals surface area (Å²) in [5.74, 6) is 1.96. The molecule has 1 aromatic carbocycles. The van der Waals surface area contributed by atoms with Crippen LogP contribution in [-0.2, 0) is 21.1 Å². The second kappa shape index (κ2) is 6.73. The minimum atomic E-state index is -2.85. The molecule has 5 rings (SSSR count). The van der Waals surface area contributed by atoms with Crippen molar-refractivity contribution < 1.29 is 17.9 Å². The van der Waals surface area contributed by atoms with Gasteiger partial charge in [0.05, 0.1) is 18.1 Å². The predicted octanol–water partition coefficient (Wildman–Crippen LogP) is 1.35. The first kappa shape index (κ1) is 18.4. The highest BCUT2D eigenvalue weighted by Gasteiger charge is 2.49. The number of carbonyl (C=O) groups is 1. The van der Waals surface area contributed by atoms with Crippen LogP contribution in [0.5, 0.6) is 5.75 Å². The summed E-state index contributed by atoms with van der Waals surface area (Å²) in [6, 6.07) is 8.35. The summed E-state index contributed by atoms with van der Waals surface area (Å²) in [6.07, 6.45) is 3.43. The fraction of sp³-hybridized carbons (Fsp3) is 0.667.